The maximum atomic E-state index is 12.0. The highest BCUT2D eigenvalue weighted by Gasteiger charge is 2.36. The molecule has 2 rings (SSSR count). The molecular formula is C13H14O5. The zero-order valence-electron chi connectivity index (χ0n) is 10.2. The molecule has 0 radical (unpaired) electrons. The van der Waals surface area contributed by atoms with Gasteiger partial charge in [-0.3, -0.25) is 9.59 Å². The Morgan fingerprint density at radius 2 is 1.94 bits per heavy atom. The number of methoxy groups -OCH3 is 2. The number of carboxylic acids is 1. The summed E-state index contributed by atoms with van der Waals surface area (Å²) in [7, 11) is 2.99. The second-order valence-electron chi connectivity index (χ2n) is 4.18. The molecule has 5 nitrogen and oxygen atoms in total. The number of hydrogen-bond donors (Lipinski definition) is 1. The van der Waals surface area contributed by atoms with Crippen LogP contribution in [0.1, 0.15) is 34.7 Å². The lowest BCUT2D eigenvalue weighted by Gasteiger charge is -2.14. The van der Waals surface area contributed by atoms with Crippen LogP contribution in [-0.4, -0.2) is 31.1 Å². The summed E-state index contributed by atoms with van der Waals surface area (Å²) in [4.78, 5) is 22.8. The van der Waals surface area contributed by atoms with Crippen molar-refractivity contribution < 1.29 is 24.2 Å². The van der Waals surface area contributed by atoms with E-state index in [1.165, 1.54) is 14.2 Å². The average Bonchev–Trinajstić information content (AvgIpc) is 2.65. The Morgan fingerprint density at radius 3 is 2.50 bits per heavy atom. The lowest BCUT2D eigenvalue weighted by Crippen LogP contribution is -2.05. The van der Waals surface area contributed by atoms with Crippen molar-refractivity contribution in [3.63, 3.8) is 0 Å². The molecule has 0 aliphatic heterocycles. The number of ketones is 1. The van der Waals surface area contributed by atoms with E-state index in [0.29, 0.717) is 22.6 Å². The first-order valence-electron chi connectivity index (χ1n) is 5.58. The zero-order valence-corrected chi connectivity index (χ0v) is 10.2. The van der Waals surface area contributed by atoms with Gasteiger partial charge in [-0.25, -0.2) is 0 Å². The van der Waals surface area contributed by atoms with Crippen molar-refractivity contribution in [3.8, 4) is 11.5 Å². The van der Waals surface area contributed by atoms with Crippen molar-refractivity contribution in [1.82, 2.24) is 0 Å². The van der Waals surface area contributed by atoms with Crippen LogP contribution < -0.4 is 9.47 Å². The first kappa shape index (κ1) is 12.4. The largest absolute Gasteiger partial charge is 0.496 e. The number of carboxylic acid groups (broad SMARTS) is 1. The van der Waals surface area contributed by atoms with Crippen LogP contribution in [0.2, 0.25) is 0 Å². The van der Waals surface area contributed by atoms with Gasteiger partial charge in [-0.1, -0.05) is 0 Å². The molecule has 96 valence electrons. The van der Waals surface area contributed by atoms with Gasteiger partial charge in [-0.05, 0) is 12.1 Å². The summed E-state index contributed by atoms with van der Waals surface area (Å²) in [5.74, 6) is -0.334. The molecule has 1 aliphatic carbocycles. The van der Waals surface area contributed by atoms with E-state index < -0.39 is 5.97 Å². The Bertz CT molecular complexity index is 506. The van der Waals surface area contributed by atoms with E-state index in [-0.39, 0.29) is 24.5 Å². The topological polar surface area (TPSA) is 72.8 Å². The van der Waals surface area contributed by atoms with E-state index in [1.54, 1.807) is 12.1 Å². The fraction of sp³-hybridized carbons (Fsp3) is 0.385. The van der Waals surface area contributed by atoms with Gasteiger partial charge < -0.3 is 14.6 Å². The van der Waals surface area contributed by atoms with Gasteiger partial charge >= 0.3 is 5.97 Å². The minimum absolute atomic E-state index is 0.0811. The van der Waals surface area contributed by atoms with Crippen LogP contribution in [0.15, 0.2) is 12.1 Å². The maximum absolute atomic E-state index is 12.0. The van der Waals surface area contributed by atoms with Crippen LogP contribution in [0.5, 0.6) is 11.5 Å². The second-order valence-corrected chi connectivity index (χ2v) is 4.18. The second kappa shape index (κ2) is 4.68. The SMILES string of the molecule is COc1ccc(OC)c2c1C(=O)CC2CC(=O)O. The third kappa shape index (κ3) is 1.92. The molecule has 0 spiro atoms. The summed E-state index contributed by atoms with van der Waals surface area (Å²) in [6.07, 6.45) is 0.112. The summed E-state index contributed by atoms with van der Waals surface area (Å²) >= 11 is 0. The molecular weight excluding hydrogens is 236 g/mol. The molecule has 1 N–H and O–H groups in total. The summed E-state index contributed by atoms with van der Waals surface area (Å²) in [5, 5.41) is 8.89. The Hall–Kier alpha value is -2.04. The Morgan fingerprint density at radius 1 is 1.33 bits per heavy atom. The monoisotopic (exact) mass is 250 g/mol. The van der Waals surface area contributed by atoms with Crippen LogP contribution in [0.25, 0.3) is 0 Å². The number of carbonyl (C=O) groups is 2. The van der Waals surface area contributed by atoms with Crippen molar-refractivity contribution in [2.75, 3.05) is 14.2 Å². The standard InChI is InChI=1S/C13H14O5/c1-17-9-3-4-10(18-2)13-8(14)5-7(12(9)13)6-11(15)16/h3-4,7H,5-6H2,1-2H3,(H,15,16). The van der Waals surface area contributed by atoms with E-state index in [1.807, 2.05) is 0 Å². The number of rotatable bonds is 4. The van der Waals surface area contributed by atoms with E-state index in [9.17, 15) is 9.59 Å². The summed E-state index contributed by atoms with van der Waals surface area (Å²) in [6, 6.07) is 3.36. The van der Waals surface area contributed by atoms with Crippen LogP contribution in [-0.2, 0) is 4.79 Å². The van der Waals surface area contributed by atoms with Crippen LogP contribution in [0.3, 0.4) is 0 Å². The number of ether oxygens (including phenoxy) is 2. The van der Waals surface area contributed by atoms with Crippen molar-refractivity contribution in [3.05, 3.63) is 23.3 Å². The normalized spacial score (nSPS) is 17.4. The number of Topliss-reactive ketones (excluding diaryl/α,β-unsaturated/α-hetero) is 1. The third-order valence-electron chi connectivity index (χ3n) is 3.15. The molecule has 0 fully saturated rings. The molecule has 1 aromatic carbocycles. The fourth-order valence-electron chi connectivity index (χ4n) is 2.43. The first-order valence-corrected chi connectivity index (χ1v) is 5.58. The zero-order chi connectivity index (χ0) is 13.3. The van der Waals surface area contributed by atoms with E-state index >= 15 is 0 Å². The van der Waals surface area contributed by atoms with Crippen molar-refractivity contribution in [2.45, 2.75) is 18.8 Å². The Kier molecular flexibility index (Phi) is 3.23. The lowest BCUT2D eigenvalue weighted by atomic mass is 9.96. The molecule has 1 unspecified atom stereocenters. The van der Waals surface area contributed by atoms with E-state index in [0.717, 1.165) is 0 Å². The van der Waals surface area contributed by atoms with E-state index in [2.05, 4.69) is 0 Å². The molecule has 5 heteroatoms. The summed E-state index contributed by atoms with van der Waals surface area (Å²) in [6.45, 7) is 0. The van der Waals surface area contributed by atoms with Gasteiger partial charge in [0.25, 0.3) is 0 Å². The molecule has 0 saturated heterocycles. The molecule has 1 atom stereocenters. The van der Waals surface area contributed by atoms with Crippen molar-refractivity contribution in [2.24, 2.45) is 0 Å². The van der Waals surface area contributed by atoms with Crippen LogP contribution in [0, 0.1) is 0 Å². The smallest absolute Gasteiger partial charge is 0.303 e. The van der Waals surface area contributed by atoms with Gasteiger partial charge in [0.15, 0.2) is 5.78 Å². The highest BCUT2D eigenvalue weighted by Crippen LogP contribution is 2.45. The highest BCUT2D eigenvalue weighted by atomic mass is 16.5. The number of hydrogen-bond acceptors (Lipinski definition) is 4. The Labute approximate surface area is 104 Å². The number of fused-ring (bicyclic) bond motifs is 1. The number of benzene rings is 1. The molecule has 1 aliphatic rings. The predicted octanol–water partition coefficient (Wildman–Crippen LogP) is 1.85. The number of aliphatic carboxylic acids is 1. The van der Waals surface area contributed by atoms with Gasteiger partial charge in [-0.2, -0.15) is 0 Å². The third-order valence-corrected chi connectivity index (χ3v) is 3.15. The summed E-state index contributed by atoms with van der Waals surface area (Å²) < 4.78 is 10.4. The van der Waals surface area contributed by atoms with Gasteiger partial charge in [0, 0.05) is 17.9 Å². The summed E-state index contributed by atoms with van der Waals surface area (Å²) in [5.41, 5.74) is 1.12. The average molecular weight is 250 g/mol. The van der Waals surface area contributed by atoms with Gasteiger partial charge in [0.2, 0.25) is 0 Å². The lowest BCUT2D eigenvalue weighted by molar-refractivity contribution is -0.137. The van der Waals surface area contributed by atoms with Gasteiger partial charge in [0.05, 0.1) is 26.2 Å². The van der Waals surface area contributed by atoms with Gasteiger partial charge in [0.1, 0.15) is 11.5 Å². The molecule has 0 amide bonds. The molecule has 1 aromatic rings. The quantitative estimate of drug-likeness (QED) is 0.882. The Balaban J connectivity index is 2.55. The van der Waals surface area contributed by atoms with Crippen molar-refractivity contribution >= 4 is 11.8 Å². The minimum Gasteiger partial charge on any atom is -0.496 e. The first-order chi connectivity index (χ1) is 8.58. The molecule has 0 heterocycles. The fourth-order valence-corrected chi connectivity index (χ4v) is 2.43. The minimum atomic E-state index is -0.925. The highest BCUT2D eigenvalue weighted by molar-refractivity contribution is 6.05. The molecule has 0 aromatic heterocycles. The van der Waals surface area contributed by atoms with E-state index in [4.69, 9.17) is 14.6 Å². The molecule has 0 bridgehead atoms. The molecule has 18 heavy (non-hydrogen) atoms. The van der Waals surface area contributed by atoms with Crippen molar-refractivity contribution in [1.29, 1.82) is 0 Å². The van der Waals surface area contributed by atoms with Crippen LogP contribution >= 0.6 is 0 Å². The number of carbonyl (C=O) groups excluding carboxylic acids is 1. The van der Waals surface area contributed by atoms with Crippen LogP contribution in [0.4, 0.5) is 0 Å². The molecule has 0 saturated carbocycles. The predicted molar refractivity (Wildman–Crippen MR) is 63.5 cm³/mol. The van der Waals surface area contributed by atoms with Gasteiger partial charge in [-0.15, -0.1) is 0 Å². The maximum Gasteiger partial charge on any atom is 0.303 e.